The molecule has 1 atom stereocenters. The van der Waals surface area contributed by atoms with E-state index in [4.69, 9.17) is 9.84 Å². The molecule has 9 heteroatoms. The van der Waals surface area contributed by atoms with E-state index in [9.17, 15) is 19.2 Å². The molecule has 0 spiro atoms. The average Bonchev–Trinajstić information content (AvgIpc) is 3.12. The third-order valence-electron chi connectivity index (χ3n) is 6.38. The first-order valence-electron chi connectivity index (χ1n) is 11.3. The second kappa shape index (κ2) is 10.4. The Labute approximate surface area is 196 Å². The molecule has 178 valence electrons. The maximum absolute atomic E-state index is 12.7. The highest BCUT2D eigenvalue weighted by atomic mass is 16.5. The number of hydrogen-bond acceptors (Lipinski definition) is 5. The Balaban J connectivity index is 1.34. The number of carbonyl (C=O) groups excluding carboxylic acids is 3. The van der Waals surface area contributed by atoms with Gasteiger partial charge in [0.05, 0.1) is 6.54 Å². The molecule has 1 fully saturated rings. The molecule has 0 bridgehead atoms. The van der Waals surface area contributed by atoms with Gasteiger partial charge in [-0.15, -0.1) is 0 Å². The van der Waals surface area contributed by atoms with Gasteiger partial charge >= 0.3 is 12.1 Å². The number of carbonyl (C=O) groups is 4. The van der Waals surface area contributed by atoms with Crippen molar-refractivity contribution in [3.63, 3.8) is 0 Å². The predicted molar refractivity (Wildman–Crippen MR) is 123 cm³/mol. The van der Waals surface area contributed by atoms with Crippen LogP contribution < -0.4 is 16.0 Å². The highest BCUT2D eigenvalue weighted by molar-refractivity contribution is 5.90. The van der Waals surface area contributed by atoms with E-state index in [0.717, 1.165) is 41.5 Å². The van der Waals surface area contributed by atoms with Gasteiger partial charge in [-0.25, -0.2) is 4.79 Å². The van der Waals surface area contributed by atoms with Crippen molar-refractivity contribution < 1.29 is 29.0 Å². The normalized spacial score (nSPS) is 15.3. The van der Waals surface area contributed by atoms with Crippen molar-refractivity contribution in [2.45, 2.75) is 31.2 Å². The van der Waals surface area contributed by atoms with Crippen LogP contribution in [0.2, 0.25) is 0 Å². The summed E-state index contributed by atoms with van der Waals surface area (Å²) in [4.78, 5) is 47.5. The van der Waals surface area contributed by atoms with Crippen LogP contribution in [0, 0.1) is 5.92 Å². The van der Waals surface area contributed by atoms with Crippen molar-refractivity contribution in [3.8, 4) is 11.1 Å². The van der Waals surface area contributed by atoms with Crippen LogP contribution in [0.25, 0.3) is 11.1 Å². The monoisotopic (exact) mass is 465 g/mol. The largest absolute Gasteiger partial charge is 0.480 e. The molecule has 3 amide bonds. The standard InChI is InChI=1S/C25H27N3O6/c29-21(26-13-22(30)31)12-27-24(32)23(15-6-5-7-15)28-25(33)34-14-20-18-10-3-1-8-16(18)17-9-2-4-11-19(17)20/h1-4,8-11,15,20,23H,5-7,12-14H2,(H,26,29)(H,27,32)(H,28,33)(H,30,31). The van der Waals surface area contributed by atoms with Crippen molar-refractivity contribution in [2.24, 2.45) is 5.92 Å². The summed E-state index contributed by atoms with van der Waals surface area (Å²) in [6.45, 7) is -0.767. The Kier molecular flexibility index (Phi) is 7.10. The number of ether oxygens (including phenoxy) is 1. The number of amides is 3. The van der Waals surface area contributed by atoms with Gasteiger partial charge in [-0.05, 0) is 41.0 Å². The number of aliphatic carboxylic acids is 1. The number of alkyl carbamates (subject to hydrolysis) is 1. The first kappa shape index (κ1) is 23.3. The van der Waals surface area contributed by atoms with E-state index in [2.05, 4.69) is 28.1 Å². The maximum Gasteiger partial charge on any atom is 0.407 e. The zero-order valence-electron chi connectivity index (χ0n) is 18.6. The number of hydrogen-bond donors (Lipinski definition) is 4. The van der Waals surface area contributed by atoms with Gasteiger partial charge in [-0.3, -0.25) is 14.4 Å². The van der Waals surface area contributed by atoms with E-state index in [-0.39, 0.29) is 25.0 Å². The highest BCUT2D eigenvalue weighted by Crippen LogP contribution is 2.44. The minimum absolute atomic E-state index is 0.0393. The van der Waals surface area contributed by atoms with E-state index in [1.165, 1.54) is 0 Å². The Morgan fingerprint density at radius 1 is 0.912 bits per heavy atom. The Hall–Kier alpha value is -3.88. The lowest BCUT2D eigenvalue weighted by atomic mass is 9.79. The molecule has 2 aliphatic carbocycles. The lowest BCUT2D eigenvalue weighted by molar-refractivity contribution is -0.137. The summed E-state index contributed by atoms with van der Waals surface area (Å²) in [6, 6.07) is 15.2. The number of benzene rings is 2. The van der Waals surface area contributed by atoms with E-state index in [1.807, 2.05) is 36.4 Å². The summed E-state index contributed by atoms with van der Waals surface area (Å²) in [5, 5.41) is 15.9. The fourth-order valence-electron chi connectivity index (χ4n) is 4.45. The third-order valence-corrected chi connectivity index (χ3v) is 6.38. The van der Waals surface area contributed by atoms with E-state index in [1.54, 1.807) is 0 Å². The van der Waals surface area contributed by atoms with Crippen LogP contribution in [0.3, 0.4) is 0 Å². The van der Waals surface area contributed by atoms with Crippen LogP contribution in [0.15, 0.2) is 48.5 Å². The molecule has 9 nitrogen and oxygen atoms in total. The van der Waals surface area contributed by atoms with Crippen molar-refractivity contribution in [2.75, 3.05) is 19.7 Å². The van der Waals surface area contributed by atoms with Crippen LogP contribution in [0.1, 0.15) is 36.3 Å². The molecule has 0 aliphatic heterocycles. The van der Waals surface area contributed by atoms with Crippen molar-refractivity contribution in [3.05, 3.63) is 59.7 Å². The number of carboxylic acid groups (broad SMARTS) is 1. The molecule has 1 saturated carbocycles. The lowest BCUT2D eigenvalue weighted by Crippen LogP contribution is -2.54. The average molecular weight is 466 g/mol. The summed E-state index contributed by atoms with van der Waals surface area (Å²) < 4.78 is 5.56. The van der Waals surface area contributed by atoms with Crippen molar-refractivity contribution >= 4 is 23.9 Å². The minimum Gasteiger partial charge on any atom is -0.480 e. The van der Waals surface area contributed by atoms with Gasteiger partial charge < -0.3 is 25.8 Å². The van der Waals surface area contributed by atoms with Gasteiger partial charge in [0.15, 0.2) is 0 Å². The molecular weight excluding hydrogens is 438 g/mol. The number of fused-ring (bicyclic) bond motifs is 3. The molecule has 0 radical (unpaired) electrons. The summed E-state index contributed by atoms with van der Waals surface area (Å²) >= 11 is 0. The topological polar surface area (TPSA) is 134 Å². The number of rotatable bonds is 9. The van der Waals surface area contributed by atoms with Gasteiger partial charge in [0.2, 0.25) is 11.8 Å². The van der Waals surface area contributed by atoms with Crippen molar-refractivity contribution in [1.29, 1.82) is 0 Å². The second-order valence-corrected chi connectivity index (χ2v) is 8.53. The van der Waals surface area contributed by atoms with Crippen molar-refractivity contribution in [1.82, 2.24) is 16.0 Å². The first-order valence-corrected chi connectivity index (χ1v) is 11.3. The fourth-order valence-corrected chi connectivity index (χ4v) is 4.45. The maximum atomic E-state index is 12.7. The van der Waals surface area contributed by atoms with Gasteiger partial charge in [0.25, 0.3) is 0 Å². The van der Waals surface area contributed by atoms with Gasteiger partial charge in [-0.1, -0.05) is 55.0 Å². The van der Waals surface area contributed by atoms with E-state index < -0.39 is 36.5 Å². The molecule has 4 rings (SSSR count). The van der Waals surface area contributed by atoms with Crippen LogP contribution in [0.5, 0.6) is 0 Å². The highest BCUT2D eigenvalue weighted by Gasteiger charge is 2.35. The molecule has 2 aromatic carbocycles. The zero-order valence-corrected chi connectivity index (χ0v) is 18.6. The molecule has 0 aromatic heterocycles. The molecule has 1 unspecified atom stereocenters. The zero-order chi connectivity index (χ0) is 24.1. The summed E-state index contributed by atoms with van der Waals surface area (Å²) in [7, 11) is 0. The molecule has 0 heterocycles. The lowest BCUT2D eigenvalue weighted by Gasteiger charge is -2.33. The van der Waals surface area contributed by atoms with Crippen LogP contribution in [-0.4, -0.2) is 54.7 Å². The molecule has 2 aliphatic rings. The van der Waals surface area contributed by atoms with E-state index >= 15 is 0 Å². The SMILES string of the molecule is O=C(O)CNC(=O)CNC(=O)C(NC(=O)OCC1c2ccccc2-c2ccccc21)C1CCC1. The Bertz CT molecular complexity index is 1050. The summed E-state index contributed by atoms with van der Waals surface area (Å²) in [5.74, 6) is -2.42. The number of nitrogens with one attached hydrogen (secondary N) is 3. The molecule has 2 aromatic rings. The van der Waals surface area contributed by atoms with Gasteiger partial charge in [-0.2, -0.15) is 0 Å². The first-order chi connectivity index (χ1) is 16.4. The molecule has 4 N–H and O–H groups in total. The predicted octanol–water partition coefficient (Wildman–Crippen LogP) is 2.01. The quantitative estimate of drug-likeness (QED) is 0.448. The molecule has 0 saturated heterocycles. The smallest absolute Gasteiger partial charge is 0.407 e. The van der Waals surface area contributed by atoms with Gasteiger partial charge in [0.1, 0.15) is 19.2 Å². The number of carboxylic acids is 1. The van der Waals surface area contributed by atoms with Crippen LogP contribution in [0.4, 0.5) is 4.79 Å². The fraction of sp³-hybridized carbons (Fsp3) is 0.360. The molecule has 34 heavy (non-hydrogen) atoms. The summed E-state index contributed by atoms with van der Waals surface area (Å²) in [5.41, 5.74) is 4.44. The van der Waals surface area contributed by atoms with Crippen LogP contribution >= 0.6 is 0 Å². The van der Waals surface area contributed by atoms with Crippen LogP contribution in [-0.2, 0) is 19.1 Å². The Morgan fingerprint density at radius 3 is 2.09 bits per heavy atom. The van der Waals surface area contributed by atoms with E-state index in [0.29, 0.717) is 0 Å². The minimum atomic E-state index is -1.18. The molecular formula is C25H27N3O6. The van der Waals surface area contributed by atoms with Gasteiger partial charge in [0, 0.05) is 5.92 Å². The third kappa shape index (κ3) is 5.19. The Morgan fingerprint density at radius 2 is 1.53 bits per heavy atom. The summed E-state index contributed by atoms with van der Waals surface area (Å²) in [6.07, 6.45) is 1.84. The second-order valence-electron chi connectivity index (χ2n) is 8.53.